The Morgan fingerprint density at radius 2 is 1.49 bits per heavy atom. The number of amides is 1. The Morgan fingerprint density at radius 1 is 0.857 bits per heavy atom. The largest absolute Gasteiger partial charge is 0.490 e. The summed E-state index contributed by atoms with van der Waals surface area (Å²) in [5, 5.41) is 6.14. The van der Waals surface area contributed by atoms with Crippen LogP contribution in [0.25, 0.3) is 21.2 Å². The average Bonchev–Trinajstić information content (AvgIpc) is 3.28. The molecule has 0 saturated carbocycles. The van der Waals surface area contributed by atoms with Crippen molar-refractivity contribution in [2.45, 2.75) is 13.3 Å². The molecule has 0 radical (unpaired) electrons. The number of carbonyl (C=O) groups is 2. The van der Waals surface area contributed by atoms with E-state index < -0.39 is 0 Å². The lowest BCUT2D eigenvalue weighted by Crippen LogP contribution is -2.22. The molecule has 4 aromatic rings. The number of ether oxygens (including phenoxy) is 3. The third kappa shape index (κ3) is 6.39. The monoisotopic (exact) mass is 489 g/mol. The maximum Gasteiger partial charge on any atom is 0.337 e. The normalized spacial score (nSPS) is 10.7. The molecule has 0 aliphatic rings. The van der Waals surface area contributed by atoms with Gasteiger partial charge < -0.3 is 19.5 Å². The average molecular weight is 490 g/mol. The van der Waals surface area contributed by atoms with Crippen LogP contribution in [0.4, 0.5) is 0 Å². The molecule has 0 saturated heterocycles. The predicted molar refractivity (Wildman–Crippen MR) is 138 cm³/mol. The minimum absolute atomic E-state index is 0.0162. The second-order valence-corrected chi connectivity index (χ2v) is 8.85. The Hall–Kier alpha value is -3.84. The van der Waals surface area contributed by atoms with Gasteiger partial charge in [0.25, 0.3) is 0 Å². The van der Waals surface area contributed by atoms with Gasteiger partial charge in [-0.25, -0.2) is 4.79 Å². The standard InChI is InChI=1S/C28H27NO5S/c1-19(30)29-14-13-23-18-35-27-12-11-25(17-26(23)27)34-16-15-33-24-9-7-21(8-10-24)20-3-5-22(6-4-20)28(31)32-2/h3-12,17-18H,13-16H2,1-2H3,(H,29,30). The van der Waals surface area contributed by atoms with Crippen LogP contribution in [0.15, 0.2) is 72.1 Å². The van der Waals surface area contributed by atoms with E-state index in [2.05, 4.69) is 22.8 Å². The molecule has 4 rings (SSSR count). The number of fused-ring (bicyclic) bond motifs is 1. The molecule has 0 aliphatic heterocycles. The zero-order valence-corrected chi connectivity index (χ0v) is 20.5. The van der Waals surface area contributed by atoms with Gasteiger partial charge in [-0.05, 0) is 76.3 Å². The zero-order chi connectivity index (χ0) is 24.6. The van der Waals surface area contributed by atoms with Gasteiger partial charge in [0.15, 0.2) is 0 Å². The molecular weight excluding hydrogens is 462 g/mol. The third-order valence-corrected chi connectivity index (χ3v) is 6.52. The highest BCUT2D eigenvalue weighted by Crippen LogP contribution is 2.30. The van der Waals surface area contributed by atoms with E-state index in [0.717, 1.165) is 34.4 Å². The summed E-state index contributed by atoms with van der Waals surface area (Å²) in [6.07, 6.45) is 0.789. The molecule has 1 heterocycles. The summed E-state index contributed by atoms with van der Waals surface area (Å²) >= 11 is 1.70. The zero-order valence-electron chi connectivity index (χ0n) is 19.7. The summed E-state index contributed by atoms with van der Waals surface area (Å²) in [7, 11) is 1.37. The highest BCUT2D eigenvalue weighted by molar-refractivity contribution is 7.17. The molecule has 3 aromatic carbocycles. The first kappa shape index (κ1) is 24.3. The maximum absolute atomic E-state index is 11.6. The van der Waals surface area contributed by atoms with Crippen LogP contribution < -0.4 is 14.8 Å². The van der Waals surface area contributed by atoms with Crippen LogP contribution in [0.2, 0.25) is 0 Å². The molecule has 7 heteroatoms. The Kier molecular flexibility index (Phi) is 8.00. The molecule has 0 unspecified atom stereocenters. The highest BCUT2D eigenvalue weighted by Gasteiger charge is 2.07. The van der Waals surface area contributed by atoms with Crippen molar-refractivity contribution in [2.75, 3.05) is 26.9 Å². The lowest BCUT2D eigenvalue weighted by atomic mass is 10.0. The SMILES string of the molecule is COC(=O)c1ccc(-c2ccc(OCCOc3ccc4scc(CCNC(C)=O)c4c3)cc2)cc1. The van der Waals surface area contributed by atoms with Crippen molar-refractivity contribution in [1.29, 1.82) is 0 Å². The van der Waals surface area contributed by atoms with E-state index in [0.29, 0.717) is 25.3 Å². The molecule has 6 nitrogen and oxygen atoms in total. The first-order chi connectivity index (χ1) is 17.0. The van der Waals surface area contributed by atoms with Crippen molar-refractivity contribution in [3.8, 4) is 22.6 Å². The number of methoxy groups -OCH3 is 1. The van der Waals surface area contributed by atoms with Crippen molar-refractivity contribution in [2.24, 2.45) is 0 Å². The number of thiophene rings is 1. The first-order valence-electron chi connectivity index (χ1n) is 11.3. The number of benzene rings is 3. The number of rotatable bonds is 10. The van der Waals surface area contributed by atoms with Gasteiger partial charge in [-0.2, -0.15) is 0 Å². The lowest BCUT2D eigenvalue weighted by Gasteiger charge is -2.10. The maximum atomic E-state index is 11.6. The van der Waals surface area contributed by atoms with Crippen LogP contribution in [0, 0.1) is 0 Å². The number of nitrogens with one attached hydrogen (secondary N) is 1. The number of esters is 1. The molecule has 0 fully saturated rings. The minimum Gasteiger partial charge on any atom is -0.490 e. The van der Waals surface area contributed by atoms with Gasteiger partial charge in [-0.15, -0.1) is 11.3 Å². The smallest absolute Gasteiger partial charge is 0.337 e. The van der Waals surface area contributed by atoms with Gasteiger partial charge in [0, 0.05) is 18.2 Å². The second kappa shape index (κ2) is 11.5. The van der Waals surface area contributed by atoms with Crippen molar-refractivity contribution >= 4 is 33.3 Å². The molecule has 0 spiro atoms. The van der Waals surface area contributed by atoms with E-state index in [1.165, 1.54) is 24.3 Å². The summed E-state index contributed by atoms with van der Waals surface area (Å²) in [5.74, 6) is 1.20. The van der Waals surface area contributed by atoms with E-state index >= 15 is 0 Å². The summed E-state index contributed by atoms with van der Waals surface area (Å²) in [5.41, 5.74) is 3.77. The molecule has 0 bridgehead atoms. The molecule has 1 N–H and O–H groups in total. The number of carbonyl (C=O) groups excluding carboxylic acids is 2. The van der Waals surface area contributed by atoms with Gasteiger partial charge in [0.1, 0.15) is 24.7 Å². The van der Waals surface area contributed by atoms with E-state index in [1.54, 1.807) is 23.5 Å². The lowest BCUT2D eigenvalue weighted by molar-refractivity contribution is -0.118. The molecule has 1 aromatic heterocycles. The number of hydrogen-bond donors (Lipinski definition) is 1. The highest BCUT2D eigenvalue weighted by atomic mass is 32.1. The van der Waals surface area contributed by atoms with Crippen LogP contribution in [0.1, 0.15) is 22.8 Å². The molecule has 0 atom stereocenters. The number of hydrogen-bond acceptors (Lipinski definition) is 6. The van der Waals surface area contributed by atoms with E-state index in [-0.39, 0.29) is 11.9 Å². The predicted octanol–water partition coefficient (Wildman–Crippen LogP) is 5.49. The van der Waals surface area contributed by atoms with Crippen LogP contribution >= 0.6 is 11.3 Å². The van der Waals surface area contributed by atoms with Crippen molar-refractivity contribution < 1.29 is 23.8 Å². The van der Waals surface area contributed by atoms with Crippen LogP contribution in [-0.4, -0.2) is 38.7 Å². The van der Waals surface area contributed by atoms with E-state index in [4.69, 9.17) is 14.2 Å². The van der Waals surface area contributed by atoms with Gasteiger partial charge in [0.2, 0.25) is 5.91 Å². The third-order valence-electron chi connectivity index (χ3n) is 5.51. The van der Waals surface area contributed by atoms with Crippen molar-refractivity contribution in [1.82, 2.24) is 5.32 Å². The van der Waals surface area contributed by atoms with Crippen molar-refractivity contribution in [3.63, 3.8) is 0 Å². The molecule has 1 amide bonds. The summed E-state index contributed by atoms with van der Waals surface area (Å²) < 4.78 is 17.7. The van der Waals surface area contributed by atoms with Gasteiger partial charge in [-0.1, -0.05) is 24.3 Å². The first-order valence-corrected chi connectivity index (χ1v) is 12.2. The van der Waals surface area contributed by atoms with Crippen LogP contribution in [0.3, 0.4) is 0 Å². The fourth-order valence-corrected chi connectivity index (χ4v) is 4.67. The molecule has 180 valence electrons. The van der Waals surface area contributed by atoms with Crippen LogP contribution in [-0.2, 0) is 16.0 Å². The van der Waals surface area contributed by atoms with Gasteiger partial charge in [0.05, 0.1) is 12.7 Å². The fraction of sp³-hybridized carbons (Fsp3) is 0.214. The van der Waals surface area contributed by atoms with Crippen LogP contribution in [0.5, 0.6) is 11.5 Å². The molecule has 35 heavy (non-hydrogen) atoms. The topological polar surface area (TPSA) is 73.9 Å². The summed E-state index contributed by atoms with van der Waals surface area (Å²) in [6, 6.07) is 21.2. The van der Waals surface area contributed by atoms with E-state index in [1.807, 2.05) is 42.5 Å². The Balaban J connectivity index is 1.28. The quantitative estimate of drug-likeness (QED) is 0.236. The minimum atomic E-state index is -0.347. The molecular formula is C28H27NO5S. The van der Waals surface area contributed by atoms with Crippen molar-refractivity contribution in [3.05, 3.63) is 83.2 Å². The summed E-state index contributed by atoms with van der Waals surface area (Å²) in [4.78, 5) is 22.7. The molecule has 0 aliphatic carbocycles. The Bertz CT molecular complexity index is 1300. The Labute approximate surface area is 208 Å². The second-order valence-electron chi connectivity index (χ2n) is 7.94. The van der Waals surface area contributed by atoms with E-state index in [9.17, 15) is 9.59 Å². The fourth-order valence-electron chi connectivity index (χ4n) is 3.70. The summed E-state index contributed by atoms with van der Waals surface area (Å²) in [6.45, 7) is 3.00. The van der Waals surface area contributed by atoms with Gasteiger partial charge in [-0.3, -0.25) is 4.79 Å². The van der Waals surface area contributed by atoms with Gasteiger partial charge >= 0.3 is 5.97 Å². The Morgan fingerprint density at radius 3 is 2.14 bits per heavy atom.